The Kier molecular flexibility index (Phi) is 38.3. The number of carbonyl (C=O) groups excluding carboxylic acids is 2. The van der Waals surface area contributed by atoms with Gasteiger partial charge in [-0.15, -0.1) is 0 Å². The third-order valence-corrected chi connectivity index (χ3v) is 12.3. The summed E-state index contributed by atoms with van der Waals surface area (Å²) in [5, 5.41) is 9.84. The first-order valence-electron chi connectivity index (χ1n) is 24.9. The number of carbonyl (C=O) groups is 2. The molecule has 0 aliphatic heterocycles. The van der Waals surface area contributed by atoms with Crippen molar-refractivity contribution in [1.29, 1.82) is 0 Å². The van der Waals surface area contributed by atoms with Crippen molar-refractivity contribution in [1.82, 2.24) is 9.80 Å². The number of ether oxygens (including phenoxy) is 2. The molecule has 332 valence electrons. The van der Waals surface area contributed by atoms with Crippen molar-refractivity contribution in [3.8, 4) is 0 Å². The summed E-state index contributed by atoms with van der Waals surface area (Å²) in [4.78, 5) is 30.1. The molecule has 7 nitrogen and oxygen atoms in total. The zero-order valence-corrected chi connectivity index (χ0v) is 37.8. The Balaban J connectivity index is 2.31. The summed E-state index contributed by atoms with van der Waals surface area (Å²) in [6.45, 7) is 12.9. The average Bonchev–Trinajstić information content (AvgIpc) is 3.21. The van der Waals surface area contributed by atoms with Gasteiger partial charge < -0.3 is 14.6 Å². The molecule has 1 unspecified atom stereocenters. The second-order valence-corrected chi connectivity index (χ2v) is 17.5. The Bertz CT molecular complexity index is 850. The van der Waals surface area contributed by atoms with Crippen molar-refractivity contribution in [2.45, 2.75) is 245 Å². The van der Waals surface area contributed by atoms with E-state index in [0.29, 0.717) is 44.6 Å². The summed E-state index contributed by atoms with van der Waals surface area (Å²) < 4.78 is 11.4. The van der Waals surface area contributed by atoms with E-state index in [1.165, 1.54) is 161 Å². The Morgan fingerprint density at radius 2 is 1.00 bits per heavy atom. The van der Waals surface area contributed by atoms with E-state index >= 15 is 0 Å². The van der Waals surface area contributed by atoms with Gasteiger partial charge in [-0.2, -0.15) is 0 Å². The van der Waals surface area contributed by atoms with Crippen molar-refractivity contribution in [3.63, 3.8) is 0 Å². The van der Waals surface area contributed by atoms with E-state index < -0.39 is 0 Å². The van der Waals surface area contributed by atoms with E-state index in [1.807, 2.05) is 0 Å². The van der Waals surface area contributed by atoms with Gasteiger partial charge in [0.15, 0.2) is 0 Å². The first kappa shape index (κ1) is 52.8. The lowest BCUT2D eigenvalue weighted by Crippen LogP contribution is -2.43. The number of aliphatic hydroxyl groups excluding tert-OH is 1. The van der Waals surface area contributed by atoms with Gasteiger partial charge in [0, 0.05) is 38.5 Å². The zero-order valence-electron chi connectivity index (χ0n) is 37.8. The number of hydrogen-bond donors (Lipinski definition) is 1. The highest BCUT2D eigenvalue weighted by atomic mass is 16.5. The lowest BCUT2D eigenvalue weighted by Gasteiger charge is -2.36. The quantitative estimate of drug-likeness (QED) is 0.0487. The van der Waals surface area contributed by atoms with Crippen molar-refractivity contribution < 1.29 is 24.2 Å². The fourth-order valence-corrected chi connectivity index (χ4v) is 8.55. The van der Waals surface area contributed by atoms with E-state index in [9.17, 15) is 14.7 Å². The summed E-state index contributed by atoms with van der Waals surface area (Å²) >= 11 is 0. The second kappa shape index (κ2) is 40.6. The average molecular weight is 793 g/mol. The summed E-state index contributed by atoms with van der Waals surface area (Å²) in [7, 11) is 0. The van der Waals surface area contributed by atoms with Crippen LogP contribution >= 0.6 is 0 Å². The highest BCUT2D eigenvalue weighted by molar-refractivity contribution is 5.69. The minimum absolute atomic E-state index is 0.0205. The molecule has 0 bridgehead atoms. The molecule has 0 heterocycles. The Hall–Kier alpha value is -1.18. The van der Waals surface area contributed by atoms with Gasteiger partial charge in [0.05, 0.1) is 19.8 Å². The molecular formula is C49H96N2O5. The monoisotopic (exact) mass is 793 g/mol. The van der Waals surface area contributed by atoms with Crippen LogP contribution in [0.25, 0.3) is 0 Å². The lowest BCUT2D eigenvalue weighted by molar-refractivity contribution is -0.145. The van der Waals surface area contributed by atoms with E-state index in [-0.39, 0.29) is 18.5 Å². The largest absolute Gasteiger partial charge is 0.466 e. The Morgan fingerprint density at radius 1 is 0.518 bits per heavy atom. The van der Waals surface area contributed by atoms with Crippen LogP contribution in [0.1, 0.15) is 239 Å². The normalized spacial score (nSPS) is 14.2. The Labute approximate surface area is 348 Å². The molecule has 0 amide bonds. The van der Waals surface area contributed by atoms with E-state index in [0.717, 1.165) is 71.1 Å². The maximum Gasteiger partial charge on any atom is 0.305 e. The van der Waals surface area contributed by atoms with Crippen LogP contribution in [0.2, 0.25) is 0 Å². The molecule has 1 atom stereocenters. The van der Waals surface area contributed by atoms with Crippen LogP contribution in [-0.4, -0.2) is 85.4 Å². The van der Waals surface area contributed by atoms with Gasteiger partial charge in [0.2, 0.25) is 0 Å². The fourth-order valence-electron chi connectivity index (χ4n) is 8.55. The first-order valence-corrected chi connectivity index (χ1v) is 24.9. The molecule has 1 aliphatic rings. The third-order valence-electron chi connectivity index (χ3n) is 12.3. The van der Waals surface area contributed by atoms with Crippen molar-refractivity contribution in [3.05, 3.63) is 0 Å². The fraction of sp³-hybridized carbons (Fsp3) is 0.959. The molecule has 0 aromatic carbocycles. The van der Waals surface area contributed by atoms with Crippen LogP contribution in [0.15, 0.2) is 0 Å². The summed E-state index contributed by atoms with van der Waals surface area (Å²) in [6.07, 6.45) is 40.6. The molecule has 1 fully saturated rings. The third kappa shape index (κ3) is 32.7. The summed E-state index contributed by atoms with van der Waals surface area (Å²) in [6, 6.07) is 0.661. The second-order valence-electron chi connectivity index (χ2n) is 17.5. The molecule has 1 aliphatic carbocycles. The molecule has 1 rings (SSSR count). The van der Waals surface area contributed by atoms with E-state index in [2.05, 4.69) is 30.6 Å². The zero-order chi connectivity index (χ0) is 40.6. The van der Waals surface area contributed by atoms with Crippen LogP contribution < -0.4 is 0 Å². The summed E-state index contributed by atoms with van der Waals surface area (Å²) in [5.41, 5.74) is 0. The first-order chi connectivity index (χ1) is 27.5. The highest BCUT2D eigenvalue weighted by Crippen LogP contribution is 2.24. The highest BCUT2D eigenvalue weighted by Gasteiger charge is 2.21. The Morgan fingerprint density at radius 3 is 1.57 bits per heavy atom. The van der Waals surface area contributed by atoms with Gasteiger partial charge in [0.25, 0.3) is 0 Å². The molecule has 7 heteroatoms. The number of rotatable bonds is 42. The van der Waals surface area contributed by atoms with Crippen LogP contribution in [0.3, 0.4) is 0 Å². The van der Waals surface area contributed by atoms with Crippen LogP contribution in [0.4, 0.5) is 0 Å². The molecular weight excluding hydrogens is 697 g/mol. The molecule has 56 heavy (non-hydrogen) atoms. The standard InChI is InChI=1S/C49H96N2O5/c1-4-7-10-13-15-16-17-19-31-44-55-48(53)36-28-22-30-39-51(47-34-25-20-26-35-47)41-40-50(42-43-52)38-29-21-27-37-49(54)56-45-46(32-23-12-9-6-3)33-24-18-14-11-8-5-2/h46-47,52H,4-45H2,1-3H3. The van der Waals surface area contributed by atoms with Crippen LogP contribution in [-0.2, 0) is 19.1 Å². The lowest BCUT2D eigenvalue weighted by atomic mass is 9.94. The molecule has 0 radical (unpaired) electrons. The van der Waals surface area contributed by atoms with Crippen molar-refractivity contribution in [2.75, 3.05) is 52.5 Å². The maximum atomic E-state index is 12.7. The van der Waals surface area contributed by atoms with E-state index in [4.69, 9.17) is 9.47 Å². The number of hydrogen-bond acceptors (Lipinski definition) is 7. The number of esters is 2. The van der Waals surface area contributed by atoms with Gasteiger partial charge in [-0.05, 0) is 76.8 Å². The summed E-state index contributed by atoms with van der Waals surface area (Å²) in [5.74, 6) is 0.476. The SMILES string of the molecule is CCCCCCCCCCCOC(=O)CCCCCN(CCN(CCO)CCCCCC(=O)OCC(CCCCCC)CCCCCCCC)C1CCCCC1. The van der Waals surface area contributed by atoms with Crippen LogP contribution in [0, 0.1) is 5.92 Å². The van der Waals surface area contributed by atoms with Gasteiger partial charge in [0.1, 0.15) is 0 Å². The van der Waals surface area contributed by atoms with Crippen LogP contribution in [0.5, 0.6) is 0 Å². The number of aliphatic hydroxyl groups is 1. The number of unbranched alkanes of at least 4 members (excludes halogenated alkanes) is 20. The van der Waals surface area contributed by atoms with Gasteiger partial charge in [-0.1, -0.05) is 168 Å². The molecule has 0 aromatic rings. The van der Waals surface area contributed by atoms with Gasteiger partial charge in [-0.25, -0.2) is 0 Å². The topological polar surface area (TPSA) is 79.3 Å². The predicted molar refractivity (Wildman–Crippen MR) is 238 cm³/mol. The van der Waals surface area contributed by atoms with Gasteiger partial charge in [-0.3, -0.25) is 19.4 Å². The minimum Gasteiger partial charge on any atom is -0.466 e. The van der Waals surface area contributed by atoms with Crippen molar-refractivity contribution in [2.24, 2.45) is 5.92 Å². The van der Waals surface area contributed by atoms with E-state index in [1.54, 1.807) is 0 Å². The predicted octanol–water partition coefficient (Wildman–Crippen LogP) is 13.0. The molecule has 0 spiro atoms. The van der Waals surface area contributed by atoms with Gasteiger partial charge >= 0.3 is 11.9 Å². The number of nitrogens with zero attached hydrogens (tertiary/aromatic N) is 2. The molecule has 0 aromatic heterocycles. The van der Waals surface area contributed by atoms with Crippen molar-refractivity contribution >= 4 is 11.9 Å². The molecule has 1 N–H and O–H groups in total. The smallest absolute Gasteiger partial charge is 0.305 e. The minimum atomic E-state index is -0.0224. The maximum absolute atomic E-state index is 12.7. The molecule has 0 saturated heterocycles. The molecule has 1 saturated carbocycles.